The molecule has 1 aliphatic heterocycles. The van der Waals surface area contributed by atoms with Crippen molar-refractivity contribution in [2.45, 2.75) is 270 Å². The number of nitrogens with zero attached hydrogens (tertiary/aromatic N) is 2. The first-order chi connectivity index (χ1) is 32.9. The van der Waals surface area contributed by atoms with Crippen molar-refractivity contribution in [2.24, 2.45) is 0 Å². The van der Waals surface area contributed by atoms with Crippen LogP contribution in [-0.4, -0.2) is 122 Å². The van der Waals surface area contributed by atoms with Crippen LogP contribution >= 0.6 is 0 Å². The van der Waals surface area contributed by atoms with Gasteiger partial charge in [-0.1, -0.05) is 169 Å². The first kappa shape index (κ1) is 63.3. The Morgan fingerprint density at radius 1 is 0.612 bits per heavy atom. The van der Waals surface area contributed by atoms with Crippen molar-refractivity contribution in [2.75, 3.05) is 65.8 Å². The smallest absolute Gasteiger partial charge is 0.323 e. The highest BCUT2D eigenvalue weighted by molar-refractivity contribution is 5.76. The van der Waals surface area contributed by atoms with Crippen LogP contribution in [0.15, 0.2) is 12.8 Å². The van der Waals surface area contributed by atoms with Crippen molar-refractivity contribution in [3.05, 3.63) is 12.8 Å². The molecule has 2 rings (SSSR count). The molecular weight excluding hydrogens is 845 g/mol. The fourth-order valence-corrected chi connectivity index (χ4v) is 9.09. The molecule has 1 aliphatic carbocycles. The Bertz CT molecular complexity index is 1080. The SMILES string of the molecule is C=CO.CCCCCCCCCCCOC(=O)CCCCCN1CC(OCCCN(CCO)C2CC2)CC1C(=O)OCCCCCCCCCC(OCCCCCCC)OCCCCCCC. The van der Waals surface area contributed by atoms with Gasteiger partial charge >= 0.3 is 11.9 Å². The maximum Gasteiger partial charge on any atom is 0.323 e. The van der Waals surface area contributed by atoms with E-state index in [-0.39, 0.29) is 37.0 Å². The number of carbonyl (C=O) groups is 2. The number of esters is 2. The van der Waals surface area contributed by atoms with E-state index in [0.29, 0.717) is 38.7 Å². The molecule has 1 heterocycles. The van der Waals surface area contributed by atoms with Gasteiger partial charge in [-0.3, -0.25) is 19.4 Å². The minimum atomic E-state index is -0.275. The van der Waals surface area contributed by atoms with E-state index in [2.05, 4.69) is 37.1 Å². The molecule has 2 aliphatic rings. The first-order valence-electron chi connectivity index (χ1n) is 28.4. The van der Waals surface area contributed by atoms with E-state index in [0.717, 1.165) is 129 Å². The largest absolute Gasteiger partial charge is 0.516 e. The van der Waals surface area contributed by atoms with Crippen molar-refractivity contribution < 1.29 is 43.5 Å². The standard InChI is InChI=1S/C54H104N2O8.C2H4O/c1-4-7-10-13-14-15-18-23-29-42-61-52(58)34-26-25-28-38-56-48-50(60-46-33-39-55(40-41-57)49-36-37-49)47-51(56)54(59)64-45-32-24-19-16-17-20-27-35-53(62-43-30-21-11-8-5-2)63-44-31-22-12-9-6-3;1-2-3/h49-51,53,57H,4-48H2,1-3H3;2-3H,1H2. The number of aliphatic hydroxyl groups excluding tert-OH is 2. The molecule has 1 saturated heterocycles. The number of aliphatic hydroxyl groups is 2. The molecule has 2 N–H and O–H groups in total. The zero-order valence-electron chi connectivity index (χ0n) is 44.1. The van der Waals surface area contributed by atoms with Gasteiger partial charge in [0.15, 0.2) is 6.29 Å². The Balaban J connectivity index is 0.00000727. The Morgan fingerprint density at radius 2 is 1.09 bits per heavy atom. The summed E-state index contributed by atoms with van der Waals surface area (Å²) in [5.74, 6) is -0.198. The number of carbonyl (C=O) groups excluding carboxylic acids is 2. The number of likely N-dealkylation sites (tertiary alicyclic amines) is 1. The van der Waals surface area contributed by atoms with Crippen LogP contribution in [-0.2, 0) is 33.3 Å². The number of hydrogen-bond donors (Lipinski definition) is 2. The molecular formula is C56H108N2O9. The summed E-state index contributed by atoms with van der Waals surface area (Å²) in [5, 5.41) is 16.8. The lowest BCUT2D eigenvalue weighted by molar-refractivity contribution is -0.149. The summed E-state index contributed by atoms with van der Waals surface area (Å²) < 4.78 is 30.2. The van der Waals surface area contributed by atoms with E-state index in [1.54, 1.807) is 0 Å². The third-order valence-corrected chi connectivity index (χ3v) is 13.3. The van der Waals surface area contributed by atoms with Crippen LogP contribution in [0.5, 0.6) is 0 Å². The highest BCUT2D eigenvalue weighted by atomic mass is 16.7. The molecule has 2 unspecified atom stereocenters. The molecule has 2 fully saturated rings. The average molecular weight is 953 g/mol. The maximum atomic E-state index is 13.5. The van der Waals surface area contributed by atoms with E-state index in [9.17, 15) is 14.7 Å². The van der Waals surface area contributed by atoms with Crippen molar-refractivity contribution >= 4 is 11.9 Å². The monoisotopic (exact) mass is 953 g/mol. The summed E-state index contributed by atoms with van der Waals surface area (Å²) in [6, 6.07) is 0.352. The van der Waals surface area contributed by atoms with Gasteiger partial charge in [-0.2, -0.15) is 0 Å². The molecule has 0 radical (unpaired) electrons. The Kier molecular flexibility index (Phi) is 45.2. The Labute approximate surface area is 412 Å². The number of hydrogen-bond acceptors (Lipinski definition) is 11. The Morgan fingerprint density at radius 3 is 1.61 bits per heavy atom. The highest BCUT2D eigenvalue weighted by Gasteiger charge is 2.38. The lowest BCUT2D eigenvalue weighted by Crippen LogP contribution is -2.38. The van der Waals surface area contributed by atoms with Crippen LogP contribution in [0, 0.1) is 0 Å². The quantitative estimate of drug-likeness (QED) is 0.0262. The summed E-state index contributed by atoms with van der Waals surface area (Å²) in [7, 11) is 0. The predicted octanol–water partition coefficient (Wildman–Crippen LogP) is 13.6. The van der Waals surface area contributed by atoms with Crippen LogP contribution in [0.3, 0.4) is 0 Å². The fourth-order valence-electron chi connectivity index (χ4n) is 9.09. The average Bonchev–Trinajstić information content (AvgIpc) is 4.10. The zero-order valence-corrected chi connectivity index (χ0v) is 44.1. The van der Waals surface area contributed by atoms with Crippen LogP contribution in [0.4, 0.5) is 0 Å². The van der Waals surface area contributed by atoms with Gasteiger partial charge in [0.2, 0.25) is 0 Å². The third-order valence-electron chi connectivity index (χ3n) is 13.3. The second-order valence-corrected chi connectivity index (χ2v) is 19.6. The molecule has 2 atom stereocenters. The summed E-state index contributed by atoms with van der Waals surface area (Å²) in [4.78, 5) is 30.5. The second kappa shape index (κ2) is 47.9. The lowest BCUT2D eigenvalue weighted by atomic mass is 10.1. The molecule has 0 aromatic carbocycles. The van der Waals surface area contributed by atoms with Crippen LogP contribution in [0.1, 0.15) is 245 Å². The van der Waals surface area contributed by atoms with E-state index in [4.69, 9.17) is 28.8 Å². The number of unbranched alkanes of at least 4 members (excludes halogenated alkanes) is 24. The Hall–Kier alpha value is -1.76. The molecule has 0 bridgehead atoms. The lowest BCUT2D eigenvalue weighted by Gasteiger charge is -2.22. The molecule has 0 aromatic rings. The second-order valence-electron chi connectivity index (χ2n) is 19.6. The van der Waals surface area contributed by atoms with Crippen molar-refractivity contribution in [1.82, 2.24) is 9.80 Å². The van der Waals surface area contributed by atoms with Crippen molar-refractivity contribution in [3.8, 4) is 0 Å². The minimum absolute atomic E-state index is 0.0142. The van der Waals surface area contributed by atoms with E-state index >= 15 is 0 Å². The third kappa shape index (κ3) is 38.7. The normalized spacial score (nSPS) is 16.1. The number of ether oxygens (including phenoxy) is 5. The molecule has 67 heavy (non-hydrogen) atoms. The molecule has 1 saturated carbocycles. The molecule has 11 nitrogen and oxygen atoms in total. The first-order valence-corrected chi connectivity index (χ1v) is 28.4. The number of rotatable bonds is 49. The molecule has 0 amide bonds. The van der Waals surface area contributed by atoms with Gasteiger partial charge in [-0.05, 0) is 77.2 Å². The molecule has 11 heteroatoms. The summed E-state index contributed by atoms with van der Waals surface area (Å²) in [5.41, 5.74) is 0. The van der Waals surface area contributed by atoms with Crippen molar-refractivity contribution in [3.63, 3.8) is 0 Å². The van der Waals surface area contributed by atoms with Gasteiger partial charge in [0.1, 0.15) is 6.04 Å². The van der Waals surface area contributed by atoms with Crippen LogP contribution in [0.2, 0.25) is 0 Å². The molecule has 396 valence electrons. The van der Waals surface area contributed by atoms with Crippen molar-refractivity contribution in [1.29, 1.82) is 0 Å². The zero-order chi connectivity index (χ0) is 48.7. The predicted molar refractivity (Wildman–Crippen MR) is 277 cm³/mol. The fraction of sp³-hybridized carbons (Fsp3) is 0.929. The van der Waals surface area contributed by atoms with Gasteiger partial charge in [-0.25, -0.2) is 0 Å². The van der Waals surface area contributed by atoms with Crippen LogP contribution < -0.4 is 0 Å². The summed E-state index contributed by atoms with van der Waals surface area (Å²) in [6.07, 6.45) is 40.6. The van der Waals surface area contributed by atoms with Gasteiger partial charge in [0.05, 0.1) is 32.2 Å². The highest BCUT2D eigenvalue weighted by Crippen LogP contribution is 2.27. The molecule has 0 aromatic heterocycles. The topological polar surface area (TPSA) is 127 Å². The summed E-state index contributed by atoms with van der Waals surface area (Å²) in [6.45, 7) is 16.4. The van der Waals surface area contributed by atoms with Gasteiger partial charge in [-0.15, -0.1) is 0 Å². The van der Waals surface area contributed by atoms with Gasteiger partial charge in [0, 0.05) is 58.3 Å². The van der Waals surface area contributed by atoms with E-state index < -0.39 is 0 Å². The summed E-state index contributed by atoms with van der Waals surface area (Å²) >= 11 is 0. The van der Waals surface area contributed by atoms with Crippen LogP contribution in [0.25, 0.3) is 0 Å². The minimum Gasteiger partial charge on any atom is -0.516 e. The maximum absolute atomic E-state index is 13.5. The van der Waals surface area contributed by atoms with E-state index in [1.807, 2.05) is 0 Å². The van der Waals surface area contributed by atoms with Gasteiger partial charge < -0.3 is 33.9 Å². The van der Waals surface area contributed by atoms with E-state index in [1.165, 1.54) is 128 Å². The van der Waals surface area contributed by atoms with Gasteiger partial charge in [0.25, 0.3) is 0 Å². The molecule has 0 spiro atoms.